The molecule has 1 unspecified atom stereocenters. The maximum atomic E-state index is 13.2. The lowest BCUT2D eigenvalue weighted by Crippen LogP contribution is -2.60. The standard InChI is InChI=1S/C26H37NO4/c1-6-13-27-23(30)31-26(17(3)28)16(2)14-22-20-8-7-18-15-19(29)9-11-24(18,4)21(20)10-12-25(22,26)5/h9,11,15-16,20-22H,6-8,10,12-14H2,1-5H3,(H,27,30)/t16?,20-,21+,22+,24+,25+,26+/m1/s1. The molecular formula is C26H37NO4. The number of ketones is 2. The number of alkyl carbamates (subject to hydrolysis) is 1. The van der Waals surface area contributed by atoms with Crippen molar-refractivity contribution >= 4 is 17.7 Å². The maximum absolute atomic E-state index is 13.2. The van der Waals surface area contributed by atoms with Crippen LogP contribution in [0.2, 0.25) is 0 Å². The molecule has 0 saturated heterocycles. The van der Waals surface area contributed by atoms with Crippen molar-refractivity contribution in [1.82, 2.24) is 5.32 Å². The Morgan fingerprint density at radius 3 is 2.65 bits per heavy atom. The Hall–Kier alpha value is -1.91. The van der Waals surface area contributed by atoms with E-state index in [1.807, 2.05) is 13.0 Å². The number of hydrogen-bond donors (Lipinski definition) is 1. The number of carbonyl (C=O) groups is 3. The SMILES string of the molecule is CCCNC(=O)O[C@]1(C(C)=O)C(C)C[C@H]2[C@@H]3CCC4=CC(=O)C=C[C@]4(C)[C@H]3CC[C@@]21C. The minimum Gasteiger partial charge on any atom is -0.434 e. The fourth-order valence-electron chi connectivity index (χ4n) is 7.97. The van der Waals surface area contributed by atoms with Gasteiger partial charge in [-0.15, -0.1) is 0 Å². The minimum absolute atomic E-state index is 0.0145. The first-order valence-electron chi connectivity index (χ1n) is 12.0. The molecule has 4 aliphatic rings. The summed E-state index contributed by atoms with van der Waals surface area (Å²) in [5.74, 6) is 1.31. The molecule has 7 atom stereocenters. The third kappa shape index (κ3) is 3.06. The van der Waals surface area contributed by atoms with Gasteiger partial charge in [-0.1, -0.05) is 39.3 Å². The Kier molecular flexibility index (Phi) is 5.46. The van der Waals surface area contributed by atoms with Crippen LogP contribution in [-0.4, -0.2) is 29.8 Å². The lowest BCUT2D eigenvalue weighted by molar-refractivity contribution is -0.165. The van der Waals surface area contributed by atoms with Gasteiger partial charge < -0.3 is 10.1 Å². The Bertz CT molecular complexity index is 859. The third-order valence-corrected chi connectivity index (χ3v) is 9.39. The summed E-state index contributed by atoms with van der Waals surface area (Å²) >= 11 is 0. The predicted molar refractivity (Wildman–Crippen MR) is 119 cm³/mol. The van der Waals surface area contributed by atoms with Gasteiger partial charge in [0.25, 0.3) is 0 Å². The summed E-state index contributed by atoms with van der Waals surface area (Å²) in [4.78, 5) is 37.8. The first kappa shape index (κ1) is 22.3. The van der Waals surface area contributed by atoms with E-state index >= 15 is 0 Å². The van der Waals surface area contributed by atoms with Crippen molar-refractivity contribution in [3.05, 3.63) is 23.8 Å². The molecule has 0 aromatic heterocycles. The lowest BCUT2D eigenvalue weighted by atomic mass is 9.47. The van der Waals surface area contributed by atoms with Crippen molar-refractivity contribution in [3.8, 4) is 0 Å². The van der Waals surface area contributed by atoms with E-state index in [0.29, 0.717) is 24.3 Å². The summed E-state index contributed by atoms with van der Waals surface area (Å²) in [6, 6.07) is 0. The summed E-state index contributed by atoms with van der Waals surface area (Å²) in [6.45, 7) is 10.7. The molecule has 3 saturated carbocycles. The van der Waals surface area contributed by atoms with Crippen LogP contribution in [0, 0.1) is 34.5 Å². The summed E-state index contributed by atoms with van der Waals surface area (Å²) in [5, 5.41) is 2.81. The van der Waals surface area contributed by atoms with Crippen LogP contribution >= 0.6 is 0 Å². The molecule has 4 rings (SSSR count). The number of allylic oxidation sites excluding steroid dienone is 4. The molecule has 1 amide bonds. The van der Waals surface area contributed by atoms with Crippen molar-refractivity contribution in [2.24, 2.45) is 34.5 Å². The van der Waals surface area contributed by atoms with Crippen molar-refractivity contribution in [1.29, 1.82) is 0 Å². The van der Waals surface area contributed by atoms with E-state index in [-0.39, 0.29) is 28.3 Å². The van der Waals surface area contributed by atoms with Gasteiger partial charge in [0.05, 0.1) is 0 Å². The molecule has 0 aromatic carbocycles. The number of nitrogens with one attached hydrogen (secondary N) is 1. The highest BCUT2D eigenvalue weighted by Gasteiger charge is 2.70. The second kappa shape index (κ2) is 7.60. The van der Waals surface area contributed by atoms with Crippen LogP contribution in [-0.2, 0) is 14.3 Å². The van der Waals surface area contributed by atoms with E-state index in [2.05, 4.69) is 32.2 Å². The van der Waals surface area contributed by atoms with E-state index in [0.717, 1.165) is 38.5 Å². The molecule has 0 aliphatic heterocycles. The highest BCUT2D eigenvalue weighted by molar-refractivity contribution is 6.01. The van der Waals surface area contributed by atoms with Gasteiger partial charge in [-0.3, -0.25) is 9.59 Å². The Morgan fingerprint density at radius 2 is 1.97 bits per heavy atom. The quantitative estimate of drug-likeness (QED) is 0.685. The van der Waals surface area contributed by atoms with Gasteiger partial charge in [0.15, 0.2) is 17.2 Å². The van der Waals surface area contributed by atoms with Crippen molar-refractivity contribution in [2.45, 2.75) is 78.7 Å². The smallest absolute Gasteiger partial charge is 0.408 e. The second-order valence-corrected chi connectivity index (χ2v) is 10.8. The van der Waals surface area contributed by atoms with Gasteiger partial charge in [-0.25, -0.2) is 4.79 Å². The zero-order valence-corrected chi connectivity index (χ0v) is 19.6. The van der Waals surface area contributed by atoms with Crippen molar-refractivity contribution in [3.63, 3.8) is 0 Å². The average molecular weight is 428 g/mol. The fourth-order valence-corrected chi connectivity index (χ4v) is 7.97. The third-order valence-electron chi connectivity index (χ3n) is 9.39. The Morgan fingerprint density at radius 1 is 1.23 bits per heavy atom. The largest absolute Gasteiger partial charge is 0.434 e. The minimum atomic E-state index is -1.07. The van der Waals surface area contributed by atoms with Crippen molar-refractivity contribution < 1.29 is 19.1 Å². The summed E-state index contributed by atoms with van der Waals surface area (Å²) < 4.78 is 6.10. The van der Waals surface area contributed by atoms with Crippen LogP contribution in [0.1, 0.15) is 73.1 Å². The zero-order valence-electron chi connectivity index (χ0n) is 19.6. The summed E-state index contributed by atoms with van der Waals surface area (Å²) in [6.07, 6.45) is 10.8. The van der Waals surface area contributed by atoms with E-state index in [4.69, 9.17) is 4.74 Å². The Labute approximate surface area is 186 Å². The van der Waals surface area contributed by atoms with Crippen LogP contribution < -0.4 is 5.32 Å². The highest BCUT2D eigenvalue weighted by Crippen LogP contribution is 2.69. The van der Waals surface area contributed by atoms with Crippen LogP contribution in [0.3, 0.4) is 0 Å². The normalized spacial score (nSPS) is 43.4. The monoisotopic (exact) mass is 427 g/mol. The van der Waals surface area contributed by atoms with Gasteiger partial charge in [0.2, 0.25) is 0 Å². The molecule has 4 aliphatic carbocycles. The lowest BCUT2D eigenvalue weighted by Gasteiger charge is -2.58. The Balaban J connectivity index is 1.68. The molecule has 31 heavy (non-hydrogen) atoms. The van der Waals surface area contributed by atoms with Crippen LogP contribution in [0.15, 0.2) is 23.8 Å². The van der Waals surface area contributed by atoms with Crippen LogP contribution in [0.25, 0.3) is 0 Å². The number of carbonyl (C=O) groups excluding carboxylic acids is 3. The molecule has 1 N–H and O–H groups in total. The topological polar surface area (TPSA) is 72.5 Å². The number of rotatable bonds is 4. The molecule has 3 fully saturated rings. The van der Waals surface area contributed by atoms with Gasteiger partial charge in [-0.2, -0.15) is 0 Å². The molecule has 5 nitrogen and oxygen atoms in total. The number of amides is 1. The molecule has 0 radical (unpaired) electrons. The first-order chi connectivity index (χ1) is 14.6. The molecule has 5 heteroatoms. The van der Waals surface area contributed by atoms with Crippen LogP contribution in [0.4, 0.5) is 4.79 Å². The van der Waals surface area contributed by atoms with E-state index in [1.54, 1.807) is 13.0 Å². The summed E-state index contributed by atoms with van der Waals surface area (Å²) in [7, 11) is 0. The average Bonchev–Trinajstić information content (AvgIpc) is 2.94. The maximum Gasteiger partial charge on any atom is 0.408 e. The molecular weight excluding hydrogens is 390 g/mol. The van der Waals surface area contributed by atoms with Crippen molar-refractivity contribution in [2.75, 3.05) is 6.54 Å². The second-order valence-electron chi connectivity index (χ2n) is 10.8. The highest BCUT2D eigenvalue weighted by atomic mass is 16.6. The number of hydrogen-bond acceptors (Lipinski definition) is 4. The number of ether oxygens (including phenoxy) is 1. The molecule has 0 spiro atoms. The number of fused-ring (bicyclic) bond motifs is 5. The van der Waals surface area contributed by atoms with Gasteiger partial charge in [-0.05, 0) is 75.4 Å². The predicted octanol–water partition coefficient (Wildman–Crippen LogP) is 5.00. The van der Waals surface area contributed by atoms with E-state index in [9.17, 15) is 14.4 Å². The van der Waals surface area contributed by atoms with Crippen LogP contribution in [0.5, 0.6) is 0 Å². The molecule has 0 bridgehead atoms. The molecule has 0 aromatic rings. The summed E-state index contributed by atoms with van der Waals surface area (Å²) in [5.41, 5.74) is -0.253. The van der Waals surface area contributed by atoms with E-state index in [1.165, 1.54) is 5.57 Å². The number of Topliss-reactive ketones (excluding diaryl/α,β-unsaturated/α-hetero) is 1. The zero-order chi connectivity index (χ0) is 22.6. The fraction of sp³-hybridized carbons (Fsp3) is 0.731. The molecule has 170 valence electrons. The first-order valence-corrected chi connectivity index (χ1v) is 12.0. The molecule has 0 heterocycles. The van der Waals surface area contributed by atoms with Gasteiger partial charge >= 0.3 is 6.09 Å². The van der Waals surface area contributed by atoms with Gasteiger partial charge in [0, 0.05) is 23.3 Å². The van der Waals surface area contributed by atoms with E-state index < -0.39 is 11.7 Å². The van der Waals surface area contributed by atoms with Gasteiger partial charge in [0.1, 0.15) is 0 Å².